The highest BCUT2D eigenvalue weighted by Crippen LogP contribution is 2.34. The second-order valence-electron chi connectivity index (χ2n) is 5.67. The molecule has 0 radical (unpaired) electrons. The molecule has 0 amide bonds. The largest absolute Gasteiger partial charge is 0.233 e. The summed E-state index contributed by atoms with van der Waals surface area (Å²) < 4.78 is 18.2. The summed E-state index contributed by atoms with van der Waals surface area (Å²) >= 11 is 1.43. The van der Waals surface area contributed by atoms with E-state index in [0.29, 0.717) is 5.13 Å². The molecule has 4 nitrogen and oxygen atoms in total. The normalized spacial score (nSPS) is 15.0. The molecule has 1 aromatic carbocycles. The van der Waals surface area contributed by atoms with Crippen LogP contribution in [0.2, 0.25) is 0 Å². The van der Waals surface area contributed by atoms with E-state index in [2.05, 4.69) is 35.3 Å². The summed E-state index contributed by atoms with van der Waals surface area (Å²) in [4.78, 5) is 4.57. The van der Waals surface area contributed by atoms with Gasteiger partial charge in [-0.1, -0.05) is 44.2 Å². The molecular weight excluding hydrogens is 302 g/mol. The summed E-state index contributed by atoms with van der Waals surface area (Å²) in [6.45, 7) is 4.27. The molecule has 2 aromatic rings. The van der Waals surface area contributed by atoms with Crippen LogP contribution in [0.3, 0.4) is 0 Å². The zero-order valence-electron chi connectivity index (χ0n) is 13.0. The predicted octanol–water partition coefficient (Wildman–Crippen LogP) is 3.67. The maximum absolute atomic E-state index is 12.3. The molecule has 0 saturated heterocycles. The molecule has 0 aliphatic carbocycles. The van der Waals surface area contributed by atoms with E-state index in [0.717, 1.165) is 5.69 Å². The molecule has 1 heterocycles. The van der Waals surface area contributed by atoms with Gasteiger partial charge in [-0.3, -0.25) is 0 Å². The van der Waals surface area contributed by atoms with Crippen LogP contribution in [0.15, 0.2) is 40.1 Å². The highest BCUT2D eigenvalue weighted by molar-refractivity contribution is 7.90. The van der Waals surface area contributed by atoms with E-state index in [1.165, 1.54) is 16.9 Å². The highest BCUT2D eigenvalue weighted by Gasteiger charge is 2.26. The van der Waals surface area contributed by atoms with Gasteiger partial charge in [-0.25, -0.2) is 13.5 Å². The first kappa shape index (κ1) is 16.1. The van der Waals surface area contributed by atoms with Crippen molar-refractivity contribution in [3.05, 3.63) is 47.0 Å². The minimum Gasteiger partial charge on any atom is -0.233 e. The minimum atomic E-state index is -2.39. The van der Waals surface area contributed by atoms with Crippen LogP contribution in [0.25, 0.3) is 0 Å². The molecule has 0 N–H and O–H groups in total. The highest BCUT2D eigenvalue weighted by atomic mass is 32.2. The van der Waals surface area contributed by atoms with Crippen LogP contribution in [0.5, 0.6) is 0 Å². The molecule has 0 aliphatic heterocycles. The Morgan fingerprint density at radius 3 is 2.43 bits per heavy atom. The molecule has 0 aliphatic rings. The van der Waals surface area contributed by atoms with E-state index >= 15 is 0 Å². The van der Waals surface area contributed by atoms with Gasteiger partial charge in [0.2, 0.25) is 5.13 Å². The Hall–Kier alpha value is -1.24. The number of rotatable bonds is 4. The van der Waals surface area contributed by atoms with E-state index in [-0.39, 0.29) is 5.41 Å². The molecule has 1 unspecified atom stereocenters. The molecule has 0 bridgehead atoms. The molecule has 21 heavy (non-hydrogen) atoms. The number of aromatic nitrogens is 1. The van der Waals surface area contributed by atoms with Crippen molar-refractivity contribution < 1.29 is 4.21 Å². The fourth-order valence-corrected chi connectivity index (χ4v) is 3.62. The first-order chi connectivity index (χ1) is 9.73. The van der Waals surface area contributed by atoms with Gasteiger partial charge in [-0.2, -0.15) is 4.36 Å². The Morgan fingerprint density at radius 1 is 1.24 bits per heavy atom. The maximum atomic E-state index is 12.3. The molecule has 0 spiro atoms. The fraction of sp³-hybridized carbons (Fsp3) is 0.400. The van der Waals surface area contributed by atoms with Crippen LogP contribution in [0, 0.1) is 0 Å². The third-order valence-electron chi connectivity index (χ3n) is 3.55. The van der Waals surface area contributed by atoms with Gasteiger partial charge in [0.05, 0.1) is 5.69 Å². The van der Waals surface area contributed by atoms with Crippen LogP contribution in [-0.2, 0) is 15.3 Å². The molecular formula is C15H21N3OS2. The lowest BCUT2D eigenvalue weighted by atomic mass is 9.82. The number of nitrogens with zero attached hydrogens (tertiary/aromatic N) is 3. The lowest BCUT2D eigenvalue weighted by Crippen LogP contribution is -2.20. The smallest absolute Gasteiger partial charge is 0.219 e. The molecule has 0 fully saturated rings. The number of hydrogen-bond donors (Lipinski definition) is 0. The monoisotopic (exact) mass is 323 g/mol. The van der Waals surface area contributed by atoms with Crippen molar-refractivity contribution in [2.45, 2.75) is 19.3 Å². The molecule has 1 aromatic heterocycles. The van der Waals surface area contributed by atoms with Gasteiger partial charge >= 0.3 is 0 Å². The quantitative estimate of drug-likeness (QED) is 0.861. The molecule has 2 rings (SSSR count). The lowest BCUT2D eigenvalue weighted by molar-refractivity contribution is 0.598. The van der Waals surface area contributed by atoms with Crippen molar-refractivity contribution in [2.24, 2.45) is 4.36 Å². The van der Waals surface area contributed by atoms with E-state index in [4.69, 9.17) is 0 Å². The van der Waals surface area contributed by atoms with E-state index in [1.807, 2.05) is 23.6 Å². The third kappa shape index (κ3) is 3.51. The van der Waals surface area contributed by atoms with Crippen molar-refractivity contribution in [1.82, 2.24) is 9.29 Å². The van der Waals surface area contributed by atoms with Crippen LogP contribution in [0.1, 0.15) is 25.1 Å². The number of hydrogen-bond acceptors (Lipinski definition) is 4. The summed E-state index contributed by atoms with van der Waals surface area (Å²) in [5.74, 6) is 0. The fourth-order valence-electron chi connectivity index (χ4n) is 1.82. The third-order valence-corrected chi connectivity index (χ3v) is 6.27. The molecule has 114 valence electrons. The van der Waals surface area contributed by atoms with Gasteiger partial charge in [-0.05, 0) is 5.56 Å². The van der Waals surface area contributed by atoms with Crippen molar-refractivity contribution >= 4 is 26.4 Å². The van der Waals surface area contributed by atoms with Crippen LogP contribution >= 0.6 is 11.3 Å². The predicted molar refractivity (Wildman–Crippen MR) is 90.5 cm³/mol. The van der Waals surface area contributed by atoms with Crippen molar-refractivity contribution in [1.29, 1.82) is 0 Å². The van der Waals surface area contributed by atoms with Gasteiger partial charge in [0.1, 0.15) is 9.92 Å². The van der Waals surface area contributed by atoms with Gasteiger partial charge in [-0.15, -0.1) is 11.3 Å². The zero-order valence-corrected chi connectivity index (χ0v) is 14.7. The first-order valence-corrected chi connectivity index (χ1v) is 9.40. The summed E-state index contributed by atoms with van der Waals surface area (Å²) in [6.07, 6.45) is 1.62. The Kier molecular flexibility index (Phi) is 4.51. The summed E-state index contributed by atoms with van der Waals surface area (Å²) in [7, 11) is 1.12. The Morgan fingerprint density at radius 2 is 1.86 bits per heavy atom. The van der Waals surface area contributed by atoms with Crippen molar-refractivity contribution in [2.75, 3.05) is 20.4 Å². The lowest BCUT2D eigenvalue weighted by Gasteiger charge is -2.22. The van der Waals surface area contributed by atoms with Crippen LogP contribution in [0.4, 0.5) is 5.13 Å². The maximum Gasteiger partial charge on any atom is 0.219 e. The number of thiazole rings is 1. The second-order valence-corrected chi connectivity index (χ2v) is 8.95. The average molecular weight is 323 g/mol. The van der Waals surface area contributed by atoms with Crippen molar-refractivity contribution in [3.8, 4) is 0 Å². The Bertz CT molecular complexity index is 726. The van der Waals surface area contributed by atoms with Gasteiger partial charge in [0.15, 0.2) is 0 Å². The van der Waals surface area contributed by atoms with Crippen molar-refractivity contribution in [3.63, 3.8) is 0 Å². The zero-order chi connectivity index (χ0) is 15.7. The minimum absolute atomic E-state index is 0.196. The molecule has 1 atom stereocenters. The van der Waals surface area contributed by atoms with Gasteiger partial charge in [0, 0.05) is 31.1 Å². The summed E-state index contributed by atoms with van der Waals surface area (Å²) in [5.41, 5.74) is 1.95. The second kappa shape index (κ2) is 5.87. The van der Waals surface area contributed by atoms with Gasteiger partial charge < -0.3 is 0 Å². The molecule has 6 heteroatoms. The summed E-state index contributed by atoms with van der Waals surface area (Å²) in [5, 5.41) is 2.56. The van der Waals surface area contributed by atoms with Gasteiger partial charge in [0.25, 0.3) is 0 Å². The standard InChI is InChI=1S/C15H21N3OS2/c1-15(2,12-9-7-6-8-10-12)13-11-20-14(16-13)17-21(5,19)18(3)4/h6-11H,1-5H3. The SMILES string of the molecule is CN(C)S(C)(=O)=Nc1nc(C(C)(C)c2ccccc2)cs1. The van der Waals surface area contributed by atoms with E-state index in [1.54, 1.807) is 24.7 Å². The molecule has 0 saturated carbocycles. The number of benzene rings is 1. The Labute approximate surface area is 131 Å². The summed E-state index contributed by atoms with van der Waals surface area (Å²) in [6, 6.07) is 10.3. The van der Waals surface area contributed by atoms with Crippen LogP contribution < -0.4 is 0 Å². The topological polar surface area (TPSA) is 45.6 Å². The Balaban J connectivity index is 2.39. The average Bonchev–Trinajstić information content (AvgIpc) is 2.88. The van der Waals surface area contributed by atoms with E-state index in [9.17, 15) is 4.21 Å². The van der Waals surface area contributed by atoms with Crippen LogP contribution in [-0.4, -0.2) is 33.8 Å². The first-order valence-electron chi connectivity index (χ1n) is 6.64. The van der Waals surface area contributed by atoms with E-state index < -0.39 is 9.92 Å².